The summed E-state index contributed by atoms with van der Waals surface area (Å²) < 4.78 is 0. The number of rotatable bonds is 6. The number of anilines is 1. The second-order valence-corrected chi connectivity index (χ2v) is 5.94. The number of benzene rings is 2. The van der Waals surface area contributed by atoms with Crippen LogP contribution in [0.15, 0.2) is 54.6 Å². The Morgan fingerprint density at radius 2 is 1.83 bits per heavy atom. The third kappa shape index (κ3) is 3.63. The third-order valence-electron chi connectivity index (χ3n) is 4.19. The van der Waals surface area contributed by atoms with Crippen LogP contribution in [0.2, 0.25) is 0 Å². The fourth-order valence-corrected chi connectivity index (χ4v) is 2.94. The van der Waals surface area contributed by atoms with Gasteiger partial charge in [-0.2, -0.15) is 0 Å². The number of para-hydroxylation sites is 1. The zero-order valence-corrected chi connectivity index (χ0v) is 13.4. The van der Waals surface area contributed by atoms with E-state index in [2.05, 4.69) is 5.32 Å². The van der Waals surface area contributed by atoms with Crippen molar-refractivity contribution in [3.8, 4) is 0 Å². The van der Waals surface area contributed by atoms with E-state index in [0.717, 1.165) is 16.8 Å². The second-order valence-electron chi connectivity index (χ2n) is 5.94. The van der Waals surface area contributed by atoms with Crippen LogP contribution in [0, 0.1) is 0 Å². The average molecular weight is 323 g/mol. The molecule has 0 fully saturated rings. The van der Waals surface area contributed by atoms with Crippen molar-refractivity contribution >= 4 is 17.5 Å². The lowest BCUT2D eigenvalue weighted by Crippen LogP contribution is -2.45. The summed E-state index contributed by atoms with van der Waals surface area (Å²) in [6.45, 7) is 0.848. The molecule has 0 bridgehead atoms. The first kappa shape index (κ1) is 16.2. The first-order valence-electron chi connectivity index (χ1n) is 8.10. The van der Waals surface area contributed by atoms with Crippen molar-refractivity contribution < 1.29 is 9.59 Å². The van der Waals surface area contributed by atoms with E-state index in [4.69, 9.17) is 5.73 Å². The maximum Gasteiger partial charge on any atom is 0.237 e. The summed E-state index contributed by atoms with van der Waals surface area (Å²) >= 11 is 0. The molecule has 0 saturated heterocycles. The van der Waals surface area contributed by atoms with Crippen LogP contribution in [0.1, 0.15) is 11.1 Å². The smallest absolute Gasteiger partial charge is 0.237 e. The van der Waals surface area contributed by atoms with Crippen LogP contribution in [0.4, 0.5) is 5.69 Å². The summed E-state index contributed by atoms with van der Waals surface area (Å²) in [5.41, 5.74) is 8.96. The van der Waals surface area contributed by atoms with Crippen LogP contribution < -0.4 is 16.0 Å². The SMILES string of the molecule is N[C@@H](Cc1ccccc1)C(=O)NCCN1C(=O)Cc2ccccc21. The molecule has 2 aromatic carbocycles. The molecule has 1 aliphatic heterocycles. The van der Waals surface area contributed by atoms with Crippen molar-refractivity contribution in [1.29, 1.82) is 0 Å². The van der Waals surface area contributed by atoms with Gasteiger partial charge in [0.15, 0.2) is 0 Å². The molecule has 0 unspecified atom stereocenters. The Balaban J connectivity index is 1.49. The molecule has 24 heavy (non-hydrogen) atoms. The van der Waals surface area contributed by atoms with Crippen LogP contribution in [0.3, 0.4) is 0 Å². The van der Waals surface area contributed by atoms with Crippen molar-refractivity contribution in [1.82, 2.24) is 5.32 Å². The van der Waals surface area contributed by atoms with Gasteiger partial charge in [0.05, 0.1) is 12.5 Å². The Labute approximate surface area is 141 Å². The van der Waals surface area contributed by atoms with Crippen molar-refractivity contribution in [3.63, 3.8) is 0 Å². The monoisotopic (exact) mass is 323 g/mol. The lowest BCUT2D eigenvalue weighted by Gasteiger charge is -2.19. The summed E-state index contributed by atoms with van der Waals surface area (Å²) in [5, 5.41) is 2.82. The highest BCUT2D eigenvalue weighted by molar-refractivity contribution is 6.01. The second kappa shape index (κ2) is 7.27. The molecule has 5 nitrogen and oxygen atoms in total. The predicted molar refractivity (Wildman–Crippen MR) is 93.6 cm³/mol. The van der Waals surface area contributed by atoms with Crippen LogP contribution in [-0.2, 0) is 22.4 Å². The summed E-state index contributed by atoms with van der Waals surface area (Å²) in [6, 6.07) is 16.8. The number of amides is 2. The number of hydrogen-bond donors (Lipinski definition) is 2. The Hall–Kier alpha value is -2.66. The molecule has 1 aliphatic rings. The summed E-state index contributed by atoms with van der Waals surface area (Å²) in [6.07, 6.45) is 0.926. The number of hydrogen-bond acceptors (Lipinski definition) is 3. The Morgan fingerprint density at radius 1 is 1.12 bits per heavy atom. The first-order valence-corrected chi connectivity index (χ1v) is 8.10. The van der Waals surface area contributed by atoms with Gasteiger partial charge < -0.3 is 16.0 Å². The third-order valence-corrected chi connectivity index (χ3v) is 4.19. The highest BCUT2D eigenvalue weighted by Gasteiger charge is 2.26. The zero-order valence-electron chi connectivity index (χ0n) is 13.4. The van der Waals surface area contributed by atoms with Crippen molar-refractivity contribution in [2.75, 3.05) is 18.0 Å². The highest BCUT2D eigenvalue weighted by atomic mass is 16.2. The average Bonchev–Trinajstić information content (AvgIpc) is 2.91. The van der Waals surface area contributed by atoms with Gasteiger partial charge in [0.2, 0.25) is 11.8 Å². The Morgan fingerprint density at radius 3 is 2.62 bits per heavy atom. The van der Waals surface area contributed by atoms with Crippen molar-refractivity contribution in [2.45, 2.75) is 18.9 Å². The Kier molecular flexibility index (Phi) is 4.91. The molecular formula is C19H21N3O2. The van der Waals surface area contributed by atoms with Crippen LogP contribution in [0.25, 0.3) is 0 Å². The molecule has 0 radical (unpaired) electrons. The molecular weight excluding hydrogens is 302 g/mol. The van der Waals surface area contributed by atoms with Gasteiger partial charge in [0, 0.05) is 18.8 Å². The normalized spacial score (nSPS) is 14.4. The molecule has 5 heteroatoms. The van der Waals surface area contributed by atoms with E-state index >= 15 is 0 Å². The maximum absolute atomic E-state index is 12.1. The number of carbonyl (C=O) groups excluding carboxylic acids is 2. The van der Waals surface area contributed by atoms with Gasteiger partial charge >= 0.3 is 0 Å². The van der Waals surface area contributed by atoms with Crippen molar-refractivity contribution in [2.24, 2.45) is 5.73 Å². The molecule has 0 aliphatic carbocycles. The van der Waals surface area contributed by atoms with Gasteiger partial charge in [-0.05, 0) is 23.6 Å². The lowest BCUT2D eigenvalue weighted by atomic mass is 10.1. The number of nitrogens with two attached hydrogens (primary N) is 1. The standard InChI is InChI=1S/C19H21N3O2/c20-16(12-14-6-2-1-3-7-14)19(24)21-10-11-22-17-9-5-4-8-15(17)13-18(22)23/h1-9,16H,10-13,20H2,(H,21,24)/t16-/m0/s1. The molecule has 0 saturated carbocycles. The highest BCUT2D eigenvalue weighted by Crippen LogP contribution is 2.27. The van der Waals surface area contributed by atoms with E-state index in [1.54, 1.807) is 4.90 Å². The number of nitrogens with one attached hydrogen (secondary N) is 1. The molecule has 0 aromatic heterocycles. The molecule has 124 valence electrons. The number of nitrogens with zero attached hydrogens (tertiary/aromatic N) is 1. The molecule has 1 heterocycles. The first-order chi connectivity index (χ1) is 11.6. The minimum absolute atomic E-state index is 0.0685. The molecule has 0 spiro atoms. The summed E-state index contributed by atoms with van der Waals surface area (Å²) in [4.78, 5) is 25.9. The number of carbonyl (C=O) groups is 2. The van der Waals surface area contributed by atoms with E-state index in [9.17, 15) is 9.59 Å². The summed E-state index contributed by atoms with van der Waals surface area (Å²) in [5.74, 6) is -0.127. The zero-order chi connectivity index (χ0) is 16.9. The Bertz CT molecular complexity index is 730. The van der Waals surface area contributed by atoms with Crippen LogP contribution in [-0.4, -0.2) is 30.9 Å². The fourth-order valence-electron chi connectivity index (χ4n) is 2.94. The summed E-state index contributed by atoms with van der Waals surface area (Å²) in [7, 11) is 0. The van der Waals surface area contributed by atoms with Crippen molar-refractivity contribution in [3.05, 3.63) is 65.7 Å². The van der Waals surface area contributed by atoms with E-state index in [1.165, 1.54) is 0 Å². The van der Waals surface area contributed by atoms with E-state index in [0.29, 0.717) is 25.9 Å². The number of fused-ring (bicyclic) bond motifs is 1. The topological polar surface area (TPSA) is 75.4 Å². The lowest BCUT2D eigenvalue weighted by molar-refractivity contribution is -0.122. The van der Waals surface area contributed by atoms with E-state index in [1.807, 2.05) is 54.6 Å². The van der Waals surface area contributed by atoms with E-state index < -0.39 is 6.04 Å². The quantitative estimate of drug-likeness (QED) is 0.840. The molecule has 2 aromatic rings. The van der Waals surface area contributed by atoms with Gasteiger partial charge in [-0.15, -0.1) is 0 Å². The van der Waals surface area contributed by atoms with Gasteiger partial charge in [-0.25, -0.2) is 0 Å². The van der Waals surface area contributed by atoms with Gasteiger partial charge in [0.1, 0.15) is 0 Å². The minimum atomic E-state index is -0.589. The minimum Gasteiger partial charge on any atom is -0.353 e. The van der Waals surface area contributed by atoms with Gasteiger partial charge in [0.25, 0.3) is 0 Å². The maximum atomic E-state index is 12.1. The molecule has 3 rings (SSSR count). The molecule has 1 atom stereocenters. The predicted octanol–water partition coefficient (Wildman–Crippen LogP) is 1.26. The molecule has 2 amide bonds. The molecule has 3 N–H and O–H groups in total. The van der Waals surface area contributed by atoms with Gasteiger partial charge in [-0.3, -0.25) is 9.59 Å². The van der Waals surface area contributed by atoms with Gasteiger partial charge in [-0.1, -0.05) is 48.5 Å². The van der Waals surface area contributed by atoms with E-state index in [-0.39, 0.29) is 11.8 Å². The fraction of sp³-hybridized carbons (Fsp3) is 0.263. The van der Waals surface area contributed by atoms with Crippen LogP contribution in [0.5, 0.6) is 0 Å². The largest absolute Gasteiger partial charge is 0.353 e. The van der Waals surface area contributed by atoms with Crippen LogP contribution >= 0.6 is 0 Å².